The lowest BCUT2D eigenvalue weighted by Crippen LogP contribution is -2.31. The summed E-state index contributed by atoms with van der Waals surface area (Å²) in [4.78, 5) is 31.6. The molecule has 0 radical (unpaired) electrons. The molecule has 2 N–H and O–H groups in total. The Morgan fingerprint density at radius 1 is 1.11 bits per heavy atom. The highest BCUT2D eigenvalue weighted by Crippen LogP contribution is 2.34. The van der Waals surface area contributed by atoms with Gasteiger partial charge in [0.2, 0.25) is 5.91 Å². The number of nitrogens with one attached hydrogen (secondary N) is 2. The summed E-state index contributed by atoms with van der Waals surface area (Å²) in [5, 5.41) is 2.70. The molecule has 142 valence electrons. The molecule has 6 nitrogen and oxygen atoms in total. The molecule has 0 spiro atoms. The van der Waals surface area contributed by atoms with Crippen LogP contribution in [0.5, 0.6) is 5.75 Å². The summed E-state index contributed by atoms with van der Waals surface area (Å²) in [5.41, 5.74) is 3.47. The molecule has 0 fully saturated rings. The zero-order chi connectivity index (χ0) is 19.7. The van der Waals surface area contributed by atoms with Crippen molar-refractivity contribution in [2.75, 3.05) is 5.32 Å². The Morgan fingerprint density at radius 2 is 1.89 bits per heavy atom. The Kier molecular flexibility index (Phi) is 4.69. The van der Waals surface area contributed by atoms with Crippen molar-refractivity contribution in [2.24, 2.45) is 0 Å². The largest absolute Gasteiger partial charge is 0.489 e. The summed E-state index contributed by atoms with van der Waals surface area (Å²) in [6.45, 7) is 4.23. The summed E-state index contributed by atoms with van der Waals surface area (Å²) >= 11 is 0. The third-order valence-corrected chi connectivity index (χ3v) is 4.84. The van der Waals surface area contributed by atoms with Crippen LogP contribution in [0.4, 0.5) is 5.82 Å². The molecule has 4 rings (SSSR count). The van der Waals surface area contributed by atoms with Crippen LogP contribution < -0.4 is 15.6 Å². The van der Waals surface area contributed by atoms with Crippen LogP contribution >= 0.6 is 0 Å². The van der Waals surface area contributed by atoms with Crippen LogP contribution in [0.1, 0.15) is 40.4 Å². The molecule has 1 atom stereocenters. The highest BCUT2D eigenvalue weighted by atomic mass is 16.5. The molecule has 0 saturated heterocycles. The molecule has 3 aromatic rings. The second kappa shape index (κ2) is 7.31. The van der Waals surface area contributed by atoms with E-state index in [2.05, 4.69) is 34.3 Å². The molecule has 1 aliphatic heterocycles. The fourth-order valence-corrected chi connectivity index (χ4v) is 3.53. The van der Waals surface area contributed by atoms with Gasteiger partial charge in [0.25, 0.3) is 5.56 Å². The number of rotatable bonds is 4. The fourth-order valence-electron chi connectivity index (χ4n) is 3.53. The number of carbonyl (C=O) groups is 1. The molecular formula is C22H21N3O3. The number of fused-ring (bicyclic) bond motifs is 1. The lowest BCUT2D eigenvalue weighted by atomic mass is 9.87. The number of amides is 1. The Morgan fingerprint density at radius 3 is 2.64 bits per heavy atom. The number of nitrogens with zero attached hydrogens (tertiary/aromatic N) is 1. The van der Waals surface area contributed by atoms with E-state index in [-0.39, 0.29) is 23.8 Å². The Balaban J connectivity index is 1.56. The molecule has 0 unspecified atom stereocenters. The van der Waals surface area contributed by atoms with Crippen LogP contribution in [0.15, 0.2) is 53.3 Å². The van der Waals surface area contributed by atoms with E-state index >= 15 is 0 Å². The first-order valence-corrected chi connectivity index (χ1v) is 9.18. The molecule has 2 heterocycles. The van der Waals surface area contributed by atoms with E-state index in [1.165, 1.54) is 5.56 Å². The average Bonchev–Trinajstić information content (AvgIpc) is 2.65. The topological polar surface area (TPSA) is 84.1 Å². The number of hydrogen-bond donors (Lipinski definition) is 2. The van der Waals surface area contributed by atoms with Crippen LogP contribution in [0.3, 0.4) is 0 Å². The normalized spacial score (nSPS) is 15.6. The van der Waals surface area contributed by atoms with Gasteiger partial charge in [-0.1, -0.05) is 42.0 Å². The maximum Gasteiger partial charge on any atom is 0.256 e. The Bertz CT molecular complexity index is 1090. The SMILES string of the molecule is Cc1cccc(COc2ccc([C@@H]3CC(=O)Nc4nc(C)[nH]c(=O)c43)cc2)c1. The van der Waals surface area contributed by atoms with Gasteiger partial charge in [-0.15, -0.1) is 0 Å². The van der Waals surface area contributed by atoms with E-state index in [1.807, 2.05) is 36.4 Å². The molecule has 0 saturated carbocycles. The minimum Gasteiger partial charge on any atom is -0.489 e. The maximum absolute atomic E-state index is 12.5. The van der Waals surface area contributed by atoms with Crippen molar-refractivity contribution in [3.05, 3.63) is 87.0 Å². The Hall–Kier alpha value is -3.41. The summed E-state index contributed by atoms with van der Waals surface area (Å²) in [7, 11) is 0. The lowest BCUT2D eigenvalue weighted by Gasteiger charge is -2.24. The molecule has 1 aliphatic rings. The maximum atomic E-state index is 12.5. The molecule has 0 aliphatic carbocycles. The van der Waals surface area contributed by atoms with Crippen LogP contribution in [0.25, 0.3) is 0 Å². The van der Waals surface area contributed by atoms with Crippen LogP contribution in [0.2, 0.25) is 0 Å². The smallest absolute Gasteiger partial charge is 0.256 e. The summed E-state index contributed by atoms with van der Waals surface area (Å²) in [6.07, 6.45) is 0.213. The third-order valence-electron chi connectivity index (χ3n) is 4.84. The highest BCUT2D eigenvalue weighted by molar-refractivity contribution is 5.94. The van der Waals surface area contributed by atoms with Crippen molar-refractivity contribution in [2.45, 2.75) is 32.8 Å². The minimum absolute atomic E-state index is 0.144. The molecule has 2 aromatic carbocycles. The van der Waals surface area contributed by atoms with E-state index < -0.39 is 0 Å². The van der Waals surface area contributed by atoms with E-state index in [1.54, 1.807) is 6.92 Å². The first-order chi connectivity index (χ1) is 13.5. The second-order valence-corrected chi connectivity index (χ2v) is 7.07. The van der Waals surface area contributed by atoms with Gasteiger partial charge in [0.05, 0.1) is 5.56 Å². The van der Waals surface area contributed by atoms with Crippen LogP contribution in [-0.2, 0) is 11.4 Å². The predicted molar refractivity (Wildman–Crippen MR) is 107 cm³/mol. The molecular weight excluding hydrogens is 354 g/mol. The van der Waals surface area contributed by atoms with Gasteiger partial charge in [-0.3, -0.25) is 9.59 Å². The zero-order valence-corrected chi connectivity index (χ0v) is 15.8. The number of aryl methyl sites for hydroxylation is 2. The van der Waals surface area contributed by atoms with Gasteiger partial charge in [-0.2, -0.15) is 0 Å². The van der Waals surface area contributed by atoms with E-state index in [9.17, 15) is 9.59 Å². The van der Waals surface area contributed by atoms with Crippen molar-refractivity contribution >= 4 is 11.7 Å². The van der Waals surface area contributed by atoms with Crippen LogP contribution in [0, 0.1) is 13.8 Å². The van der Waals surface area contributed by atoms with Crippen molar-refractivity contribution in [1.82, 2.24) is 9.97 Å². The van der Waals surface area contributed by atoms with Gasteiger partial charge in [0.15, 0.2) is 0 Å². The standard InChI is InChI=1S/C22H21N3O3/c1-13-4-3-5-15(10-13)12-28-17-8-6-16(7-9-17)18-11-19(26)25-21-20(18)22(27)24-14(2)23-21/h3-10,18H,11-12H2,1-2H3,(H2,23,24,25,26,27)/t18-/m0/s1. The van der Waals surface area contributed by atoms with Crippen molar-refractivity contribution in [3.8, 4) is 5.75 Å². The number of anilines is 1. The number of H-pyrrole nitrogens is 1. The molecule has 1 amide bonds. The van der Waals surface area contributed by atoms with Crippen molar-refractivity contribution < 1.29 is 9.53 Å². The Labute approximate surface area is 162 Å². The molecule has 1 aromatic heterocycles. The zero-order valence-electron chi connectivity index (χ0n) is 15.8. The second-order valence-electron chi connectivity index (χ2n) is 7.07. The lowest BCUT2D eigenvalue weighted by molar-refractivity contribution is -0.116. The van der Waals surface area contributed by atoms with Gasteiger partial charge in [0.1, 0.15) is 24.0 Å². The number of ether oxygens (including phenoxy) is 1. The van der Waals surface area contributed by atoms with Gasteiger partial charge in [-0.05, 0) is 37.1 Å². The number of benzene rings is 2. The van der Waals surface area contributed by atoms with E-state index in [0.29, 0.717) is 23.8 Å². The number of aromatic nitrogens is 2. The average molecular weight is 375 g/mol. The van der Waals surface area contributed by atoms with Crippen molar-refractivity contribution in [3.63, 3.8) is 0 Å². The first-order valence-electron chi connectivity index (χ1n) is 9.18. The van der Waals surface area contributed by atoms with Crippen molar-refractivity contribution in [1.29, 1.82) is 0 Å². The summed E-state index contributed by atoms with van der Waals surface area (Å²) in [5.74, 6) is 1.09. The van der Waals surface area contributed by atoms with E-state index in [0.717, 1.165) is 16.9 Å². The quantitative estimate of drug-likeness (QED) is 0.732. The molecule has 6 heteroatoms. The third kappa shape index (κ3) is 3.67. The first kappa shape index (κ1) is 18.0. The van der Waals surface area contributed by atoms with Gasteiger partial charge in [-0.25, -0.2) is 4.98 Å². The monoisotopic (exact) mass is 375 g/mol. The summed E-state index contributed by atoms with van der Waals surface area (Å²) in [6, 6.07) is 15.7. The summed E-state index contributed by atoms with van der Waals surface area (Å²) < 4.78 is 5.86. The number of carbonyl (C=O) groups excluding carboxylic acids is 1. The number of hydrogen-bond acceptors (Lipinski definition) is 4. The highest BCUT2D eigenvalue weighted by Gasteiger charge is 2.30. The molecule has 0 bridgehead atoms. The number of aromatic amines is 1. The van der Waals surface area contributed by atoms with Gasteiger partial charge in [0, 0.05) is 12.3 Å². The van der Waals surface area contributed by atoms with Gasteiger partial charge < -0.3 is 15.0 Å². The van der Waals surface area contributed by atoms with Crippen LogP contribution in [-0.4, -0.2) is 15.9 Å². The van der Waals surface area contributed by atoms with Gasteiger partial charge >= 0.3 is 0 Å². The predicted octanol–water partition coefficient (Wildman–Crippen LogP) is 3.44. The fraction of sp³-hybridized carbons (Fsp3) is 0.227. The van der Waals surface area contributed by atoms with E-state index in [4.69, 9.17) is 4.74 Å². The molecule has 28 heavy (non-hydrogen) atoms. The minimum atomic E-state index is -0.327.